The lowest BCUT2D eigenvalue weighted by atomic mass is 10.1. The highest BCUT2D eigenvalue weighted by molar-refractivity contribution is 6.30. The summed E-state index contributed by atoms with van der Waals surface area (Å²) in [6.07, 6.45) is 3.71. The van der Waals surface area contributed by atoms with Gasteiger partial charge in [-0.05, 0) is 37.5 Å². The van der Waals surface area contributed by atoms with Crippen molar-refractivity contribution >= 4 is 24.0 Å². The Bertz CT molecular complexity index is 441. The van der Waals surface area contributed by atoms with Crippen molar-refractivity contribution < 1.29 is 4.39 Å². The summed E-state index contributed by atoms with van der Waals surface area (Å²) >= 11 is 5.93. The molecule has 2 unspecified atom stereocenters. The highest BCUT2D eigenvalue weighted by Gasteiger charge is 2.29. The number of nitrogens with zero attached hydrogens (tertiary/aromatic N) is 1. The molecule has 2 aliphatic rings. The Kier molecular flexibility index (Phi) is 5.07. The Morgan fingerprint density at radius 3 is 2.89 bits per heavy atom. The van der Waals surface area contributed by atoms with Crippen LogP contribution in [-0.2, 0) is 6.54 Å². The molecule has 1 aromatic carbocycles. The average Bonchev–Trinajstić information content (AvgIpc) is 2.67. The summed E-state index contributed by atoms with van der Waals surface area (Å²) in [5.41, 5.74) is 0.709. The first-order chi connectivity index (χ1) is 8.70. The third-order valence-electron chi connectivity index (χ3n) is 4.01. The number of rotatable bonds is 2. The van der Waals surface area contributed by atoms with Crippen LogP contribution in [0, 0.1) is 5.82 Å². The zero-order valence-corrected chi connectivity index (χ0v) is 12.3. The van der Waals surface area contributed by atoms with E-state index in [1.165, 1.54) is 25.3 Å². The lowest BCUT2D eigenvalue weighted by Gasteiger charge is -2.24. The number of nitrogens with one attached hydrogen (secondary N) is 1. The standard InChI is InChI=1S/C14H18ClFN2.ClH/c15-11-1-4-14(16)10(7-11)8-18-6-5-12-2-3-13(9-18)17-12;/h1,4,7,12-13,17H,2-3,5-6,8-9H2;1H. The molecule has 2 heterocycles. The zero-order chi connectivity index (χ0) is 12.5. The van der Waals surface area contributed by atoms with Gasteiger partial charge in [0.1, 0.15) is 5.82 Å². The maximum Gasteiger partial charge on any atom is 0.127 e. The van der Waals surface area contributed by atoms with Crippen LogP contribution in [0.5, 0.6) is 0 Å². The molecule has 3 rings (SSSR count). The molecule has 2 bridgehead atoms. The van der Waals surface area contributed by atoms with E-state index in [9.17, 15) is 4.39 Å². The van der Waals surface area contributed by atoms with Crippen molar-refractivity contribution in [3.8, 4) is 0 Å². The molecule has 0 radical (unpaired) electrons. The van der Waals surface area contributed by atoms with Crippen LogP contribution >= 0.6 is 24.0 Å². The van der Waals surface area contributed by atoms with Crippen LogP contribution in [0.25, 0.3) is 0 Å². The number of hydrogen-bond acceptors (Lipinski definition) is 2. The largest absolute Gasteiger partial charge is 0.310 e. The SMILES string of the molecule is Cl.Fc1ccc(Cl)cc1CN1CCC2CCC(C1)N2. The number of likely N-dealkylation sites (tertiary alicyclic amines) is 1. The molecule has 0 aromatic heterocycles. The predicted octanol–water partition coefficient (Wildman–Crippen LogP) is 3.23. The van der Waals surface area contributed by atoms with Crippen LogP contribution in [0.15, 0.2) is 18.2 Å². The summed E-state index contributed by atoms with van der Waals surface area (Å²) in [7, 11) is 0. The first-order valence-corrected chi connectivity index (χ1v) is 7.01. The van der Waals surface area contributed by atoms with Gasteiger partial charge in [-0.25, -0.2) is 4.39 Å². The molecule has 0 spiro atoms. The summed E-state index contributed by atoms with van der Waals surface area (Å²) in [4.78, 5) is 2.34. The van der Waals surface area contributed by atoms with Crippen molar-refractivity contribution in [1.82, 2.24) is 10.2 Å². The van der Waals surface area contributed by atoms with Gasteiger partial charge < -0.3 is 5.32 Å². The average molecular weight is 305 g/mol. The third kappa shape index (κ3) is 3.60. The van der Waals surface area contributed by atoms with Gasteiger partial charge in [0, 0.05) is 42.3 Å². The topological polar surface area (TPSA) is 15.3 Å². The quantitative estimate of drug-likeness (QED) is 0.902. The summed E-state index contributed by atoms with van der Waals surface area (Å²) in [5, 5.41) is 4.24. The fourth-order valence-corrected chi connectivity index (χ4v) is 3.26. The van der Waals surface area contributed by atoms with Crippen molar-refractivity contribution in [2.45, 2.75) is 37.9 Å². The number of fused-ring (bicyclic) bond motifs is 2. The zero-order valence-electron chi connectivity index (χ0n) is 10.7. The van der Waals surface area contributed by atoms with Gasteiger partial charge in [-0.2, -0.15) is 0 Å². The Hall–Kier alpha value is -0.350. The van der Waals surface area contributed by atoms with Gasteiger partial charge >= 0.3 is 0 Å². The second kappa shape index (κ2) is 6.40. The minimum atomic E-state index is -0.151. The third-order valence-corrected chi connectivity index (χ3v) is 4.24. The van der Waals surface area contributed by atoms with Crippen LogP contribution < -0.4 is 5.32 Å². The van der Waals surface area contributed by atoms with E-state index < -0.39 is 0 Å². The van der Waals surface area contributed by atoms with Gasteiger partial charge in [0.05, 0.1) is 0 Å². The summed E-state index contributed by atoms with van der Waals surface area (Å²) in [6, 6.07) is 6.06. The van der Waals surface area contributed by atoms with Crippen LogP contribution in [0.2, 0.25) is 5.02 Å². The van der Waals surface area contributed by atoms with E-state index in [0.29, 0.717) is 29.2 Å². The molecule has 2 aliphatic heterocycles. The van der Waals surface area contributed by atoms with Crippen molar-refractivity contribution in [3.63, 3.8) is 0 Å². The summed E-state index contributed by atoms with van der Waals surface area (Å²) < 4.78 is 13.7. The van der Waals surface area contributed by atoms with Gasteiger partial charge in [-0.1, -0.05) is 11.6 Å². The molecule has 2 atom stereocenters. The van der Waals surface area contributed by atoms with E-state index in [2.05, 4.69) is 10.2 Å². The maximum absolute atomic E-state index is 13.7. The van der Waals surface area contributed by atoms with E-state index in [1.54, 1.807) is 12.1 Å². The normalized spacial score (nSPS) is 26.8. The Morgan fingerprint density at radius 2 is 2.05 bits per heavy atom. The van der Waals surface area contributed by atoms with E-state index in [-0.39, 0.29) is 18.2 Å². The molecule has 19 heavy (non-hydrogen) atoms. The van der Waals surface area contributed by atoms with Crippen molar-refractivity contribution in [2.75, 3.05) is 13.1 Å². The molecule has 5 heteroatoms. The Labute approximate surface area is 124 Å². The number of hydrogen-bond donors (Lipinski definition) is 1. The van der Waals surface area contributed by atoms with Gasteiger partial charge in [0.2, 0.25) is 0 Å². The van der Waals surface area contributed by atoms with Crippen LogP contribution in [0.3, 0.4) is 0 Å². The molecule has 2 nitrogen and oxygen atoms in total. The first kappa shape index (κ1) is 15.0. The Balaban J connectivity index is 0.00000133. The van der Waals surface area contributed by atoms with E-state index in [1.807, 2.05) is 0 Å². The first-order valence-electron chi connectivity index (χ1n) is 6.63. The van der Waals surface area contributed by atoms with Crippen LogP contribution in [0.4, 0.5) is 4.39 Å². The van der Waals surface area contributed by atoms with Crippen molar-refractivity contribution in [1.29, 1.82) is 0 Å². The molecule has 1 N–H and O–H groups in total. The lowest BCUT2D eigenvalue weighted by molar-refractivity contribution is 0.247. The monoisotopic (exact) mass is 304 g/mol. The highest BCUT2D eigenvalue weighted by Crippen LogP contribution is 2.23. The molecule has 2 saturated heterocycles. The molecule has 0 aliphatic carbocycles. The fourth-order valence-electron chi connectivity index (χ4n) is 3.06. The van der Waals surface area contributed by atoms with Gasteiger partial charge in [0.15, 0.2) is 0 Å². The molecule has 106 valence electrons. The molecule has 1 aromatic rings. The summed E-state index contributed by atoms with van der Waals surface area (Å²) in [6.45, 7) is 2.72. The second-order valence-corrected chi connectivity index (χ2v) is 5.83. The van der Waals surface area contributed by atoms with Crippen LogP contribution in [-0.4, -0.2) is 30.1 Å². The van der Waals surface area contributed by atoms with Crippen molar-refractivity contribution in [3.05, 3.63) is 34.6 Å². The smallest absolute Gasteiger partial charge is 0.127 e. The number of benzene rings is 1. The highest BCUT2D eigenvalue weighted by atomic mass is 35.5. The van der Waals surface area contributed by atoms with Gasteiger partial charge in [-0.15, -0.1) is 12.4 Å². The minimum absolute atomic E-state index is 0. The van der Waals surface area contributed by atoms with E-state index in [0.717, 1.165) is 13.1 Å². The molecular formula is C14H19Cl2FN2. The van der Waals surface area contributed by atoms with Crippen LogP contribution in [0.1, 0.15) is 24.8 Å². The Morgan fingerprint density at radius 1 is 1.26 bits per heavy atom. The van der Waals surface area contributed by atoms with Gasteiger partial charge in [-0.3, -0.25) is 4.90 Å². The lowest BCUT2D eigenvalue weighted by Crippen LogP contribution is -2.35. The van der Waals surface area contributed by atoms with Crippen molar-refractivity contribution in [2.24, 2.45) is 0 Å². The summed E-state index contributed by atoms with van der Waals surface area (Å²) in [5.74, 6) is -0.151. The minimum Gasteiger partial charge on any atom is -0.310 e. The predicted molar refractivity (Wildman–Crippen MR) is 78.5 cm³/mol. The molecule has 0 saturated carbocycles. The maximum atomic E-state index is 13.7. The molecule has 0 amide bonds. The number of halogens is 3. The molecular weight excluding hydrogens is 286 g/mol. The molecule has 2 fully saturated rings. The van der Waals surface area contributed by atoms with E-state index in [4.69, 9.17) is 11.6 Å². The van der Waals surface area contributed by atoms with Gasteiger partial charge in [0.25, 0.3) is 0 Å². The fraction of sp³-hybridized carbons (Fsp3) is 0.571. The second-order valence-electron chi connectivity index (χ2n) is 5.40. The van der Waals surface area contributed by atoms with E-state index >= 15 is 0 Å².